The molecule has 0 fully saturated rings. The van der Waals surface area contributed by atoms with E-state index >= 15 is 0 Å². The Balaban J connectivity index is 2.07. The molecule has 1 aromatic heterocycles. The number of ether oxygens (including phenoxy) is 1. The summed E-state index contributed by atoms with van der Waals surface area (Å²) in [5.41, 5.74) is 4.85. The van der Waals surface area contributed by atoms with Gasteiger partial charge in [-0.15, -0.1) is 0 Å². The lowest BCUT2D eigenvalue weighted by Gasteiger charge is -2.13. The Hall–Kier alpha value is -2.81. The third kappa shape index (κ3) is 3.50. The lowest BCUT2D eigenvalue weighted by Crippen LogP contribution is -2.11. The Morgan fingerprint density at radius 2 is 1.80 bits per heavy atom. The molecule has 1 heterocycles. The van der Waals surface area contributed by atoms with E-state index in [1.165, 1.54) is 0 Å². The predicted molar refractivity (Wildman–Crippen MR) is 102 cm³/mol. The number of hydrogen-bond acceptors (Lipinski definition) is 3. The van der Waals surface area contributed by atoms with Crippen LogP contribution in [0.5, 0.6) is 5.75 Å². The van der Waals surface area contributed by atoms with Gasteiger partial charge in [-0.2, -0.15) is 0 Å². The van der Waals surface area contributed by atoms with Gasteiger partial charge in [-0.05, 0) is 49.6 Å². The molecule has 128 valence electrons. The Bertz CT molecular complexity index is 982. The van der Waals surface area contributed by atoms with Crippen LogP contribution in [0.4, 0.5) is 0 Å². The van der Waals surface area contributed by atoms with E-state index in [4.69, 9.17) is 9.15 Å². The smallest absolute Gasteiger partial charge is 0.340 e. The van der Waals surface area contributed by atoms with Gasteiger partial charge >= 0.3 is 5.63 Å². The Morgan fingerprint density at radius 1 is 1.08 bits per heavy atom. The molecule has 3 aromatic rings. The van der Waals surface area contributed by atoms with Crippen molar-refractivity contribution >= 4 is 11.0 Å². The molecule has 0 aliphatic rings. The standard InChI is InChI=1S/C22H22O3/c1-14(2)13-24-20-11-10-18-15(3)19(12-17-8-6-5-7-9-17)22(23)25-21(18)16(20)4/h5-11H,1,12-13H2,2-4H3. The minimum absolute atomic E-state index is 0.283. The molecular formula is C22H22O3. The van der Waals surface area contributed by atoms with Crippen molar-refractivity contribution in [2.45, 2.75) is 27.2 Å². The molecular weight excluding hydrogens is 312 g/mol. The summed E-state index contributed by atoms with van der Waals surface area (Å²) in [5.74, 6) is 0.717. The molecule has 3 heteroatoms. The number of rotatable bonds is 5. The number of fused-ring (bicyclic) bond motifs is 1. The second-order valence-electron chi connectivity index (χ2n) is 6.47. The first-order valence-corrected chi connectivity index (χ1v) is 8.34. The first kappa shape index (κ1) is 17.0. The van der Waals surface area contributed by atoms with Crippen molar-refractivity contribution in [1.82, 2.24) is 0 Å². The highest BCUT2D eigenvalue weighted by Gasteiger charge is 2.15. The minimum atomic E-state index is -0.283. The van der Waals surface area contributed by atoms with E-state index in [0.29, 0.717) is 29.9 Å². The first-order chi connectivity index (χ1) is 12.0. The van der Waals surface area contributed by atoms with Gasteiger partial charge in [-0.3, -0.25) is 0 Å². The monoisotopic (exact) mass is 334 g/mol. The van der Waals surface area contributed by atoms with E-state index in [2.05, 4.69) is 6.58 Å². The van der Waals surface area contributed by atoms with Gasteiger partial charge in [-0.1, -0.05) is 36.9 Å². The summed E-state index contributed by atoms with van der Waals surface area (Å²) >= 11 is 0. The normalized spacial score (nSPS) is 10.8. The summed E-state index contributed by atoms with van der Waals surface area (Å²) in [4.78, 5) is 12.6. The molecule has 0 saturated carbocycles. The molecule has 0 unspecified atom stereocenters. The van der Waals surface area contributed by atoms with Crippen LogP contribution in [0.1, 0.15) is 29.2 Å². The number of benzene rings is 2. The van der Waals surface area contributed by atoms with Crippen molar-refractivity contribution in [2.75, 3.05) is 6.61 Å². The lowest BCUT2D eigenvalue weighted by atomic mass is 9.98. The third-order valence-corrected chi connectivity index (χ3v) is 4.35. The maximum atomic E-state index is 12.6. The maximum Gasteiger partial charge on any atom is 0.340 e. The van der Waals surface area contributed by atoms with Crippen LogP contribution in [-0.2, 0) is 6.42 Å². The fourth-order valence-electron chi connectivity index (χ4n) is 2.93. The molecule has 3 nitrogen and oxygen atoms in total. The maximum absolute atomic E-state index is 12.6. The van der Waals surface area contributed by atoms with Gasteiger partial charge in [-0.25, -0.2) is 4.79 Å². The van der Waals surface area contributed by atoms with Crippen molar-refractivity contribution in [1.29, 1.82) is 0 Å². The molecule has 0 spiro atoms. The summed E-state index contributed by atoms with van der Waals surface area (Å²) in [5, 5.41) is 0.950. The van der Waals surface area contributed by atoms with Crippen molar-refractivity contribution < 1.29 is 9.15 Å². The molecule has 3 rings (SSSR count). The summed E-state index contributed by atoms with van der Waals surface area (Å²) in [7, 11) is 0. The molecule has 0 saturated heterocycles. The Morgan fingerprint density at radius 3 is 2.48 bits per heavy atom. The number of hydrogen-bond donors (Lipinski definition) is 0. The molecule has 0 N–H and O–H groups in total. The van der Waals surface area contributed by atoms with Gasteiger partial charge in [0, 0.05) is 22.9 Å². The largest absolute Gasteiger partial charge is 0.489 e. The van der Waals surface area contributed by atoms with Crippen LogP contribution < -0.4 is 10.4 Å². The van der Waals surface area contributed by atoms with E-state index in [1.54, 1.807) is 0 Å². The zero-order valence-corrected chi connectivity index (χ0v) is 14.9. The second-order valence-corrected chi connectivity index (χ2v) is 6.47. The zero-order valence-electron chi connectivity index (χ0n) is 14.9. The highest BCUT2D eigenvalue weighted by molar-refractivity contribution is 5.85. The van der Waals surface area contributed by atoms with E-state index in [9.17, 15) is 4.79 Å². The number of aryl methyl sites for hydroxylation is 2. The Kier molecular flexibility index (Phi) is 4.75. The van der Waals surface area contributed by atoms with Gasteiger partial charge < -0.3 is 9.15 Å². The van der Waals surface area contributed by atoms with Gasteiger partial charge in [0.25, 0.3) is 0 Å². The molecule has 0 radical (unpaired) electrons. The van der Waals surface area contributed by atoms with E-state index in [1.807, 2.05) is 63.2 Å². The average molecular weight is 334 g/mol. The summed E-state index contributed by atoms with van der Waals surface area (Å²) in [6, 6.07) is 13.8. The Labute approximate surface area is 147 Å². The third-order valence-electron chi connectivity index (χ3n) is 4.35. The van der Waals surface area contributed by atoms with Gasteiger partial charge in [0.15, 0.2) is 0 Å². The van der Waals surface area contributed by atoms with Crippen LogP contribution in [0.15, 0.2) is 63.8 Å². The van der Waals surface area contributed by atoms with E-state index in [0.717, 1.165) is 27.6 Å². The average Bonchev–Trinajstić information content (AvgIpc) is 2.59. The van der Waals surface area contributed by atoms with Crippen LogP contribution in [0.3, 0.4) is 0 Å². The van der Waals surface area contributed by atoms with Crippen molar-refractivity contribution in [2.24, 2.45) is 0 Å². The van der Waals surface area contributed by atoms with Crippen molar-refractivity contribution in [3.63, 3.8) is 0 Å². The topological polar surface area (TPSA) is 39.4 Å². The van der Waals surface area contributed by atoms with E-state index < -0.39 is 0 Å². The summed E-state index contributed by atoms with van der Waals surface area (Å²) in [6.45, 7) is 10.1. The summed E-state index contributed by atoms with van der Waals surface area (Å²) < 4.78 is 11.4. The molecule has 0 amide bonds. The van der Waals surface area contributed by atoms with Crippen LogP contribution in [-0.4, -0.2) is 6.61 Å². The molecule has 2 aromatic carbocycles. The molecule has 0 bridgehead atoms. The van der Waals surface area contributed by atoms with E-state index in [-0.39, 0.29) is 5.63 Å². The first-order valence-electron chi connectivity index (χ1n) is 8.34. The predicted octanol–water partition coefficient (Wildman–Crippen LogP) is 4.96. The van der Waals surface area contributed by atoms with Crippen molar-refractivity contribution in [3.8, 4) is 5.75 Å². The van der Waals surface area contributed by atoms with Gasteiger partial charge in [0.2, 0.25) is 0 Å². The minimum Gasteiger partial charge on any atom is -0.489 e. The lowest BCUT2D eigenvalue weighted by molar-refractivity contribution is 0.350. The van der Waals surface area contributed by atoms with Gasteiger partial charge in [0.1, 0.15) is 17.9 Å². The van der Waals surface area contributed by atoms with Crippen LogP contribution >= 0.6 is 0 Å². The fourth-order valence-corrected chi connectivity index (χ4v) is 2.93. The highest BCUT2D eigenvalue weighted by atomic mass is 16.5. The SMILES string of the molecule is C=C(C)COc1ccc2c(C)c(Cc3ccccc3)c(=O)oc2c1C. The van der Waals surface area contributed by atoms with Crippen LogP contribution in [0, 0.1) is 13.8 Å². The van der Waals surface area contributed by atoms with Crippen LogP contribution in [0.25, 0.3) is 11.0 Å². The quantitative estimate of drug-likeness (QED) is 0.489. The molecule has 25 heavy (non-hydrogen) atoms. The second kappa shape index (κ2) is 6.98. The van der Waals surface area contributed by atoms with Crippen LogP contribution in [0.2, 0.25) is 0 Å². The molecule has 0 aliphatic heterocycles. The van der Waals surface area contributed by atoms with Crippen molar-refractivity contribution in [3.05, 3.63) is 87.3 Å². The molecule has 0 atom stereocenters. The fraction of sp³-hybridized carbons (Fsp3) is 0.227. The summed E-state index contributed by atoms with van der Waals surface area (Å²) in [6.07, 6.45) is 0.567. The zero-order chi connectivity index (χ0) is 18.0. The van der Waals surface area contributed by atoms with Gasteiger partial charge in [0.05, 0.1) is 0 Å². The molecule has 0 aliphatic carbocycles. The highest BCUT2D eigenvalue weighted by Crippen LogP contribution is 2.30.